The van der Waals surface area contributed by atoms with E-state index in [4.69, 9.17) is 10.7 Å². The number of hydrogen-bond acceptors (Lipinski definition) is 4. The second-order valence-corrected chi connectivity index (χ2v) is 6.36. The zero-order valence-electron chi connectivity index (χ0n) is 12.8. The van der Waals surface area contributed by atoms with E-state index >= 15 is 0 Å². The summed E-state index contributed by atoms with van der Waals surface area (Å²) in [4.78, 5) is 11.6. The van der Waals surface area contributed by atoms with E-state index in [0.717, 1.165) is 53.2 Å². The number of anilines is 1. The van der Waals surface area contributed by atoms with Gasteiger partial charge in [0.15, 0.2) is 0 Å². The first-order chi connectivity index (χ1) is 10.6. The summed E-state index contributed by atoms with van der Waals surface area (Å²) in [6, 6.07) is 5.87. The van der Waals surface area contributed by atoms with Gasteiger partial charge in [-0.15, -0.1) is 0 Å². The van der Waals surface area contributed by atoms with Crippen molar-refractivity contribution in [3.63, 3.8) is 0 Å². The van der Waals surface area contributed by atoms with Crippen LogP contribution < -0.4 is 5.73 Å². The Kier molecular flexibility index (Phi) is 2.93. The van der Waals surface area contributed by atoms with Gasteiger partial charge < -0.3 is 5.73 Å². The summed E-state index contributed by atoms with van der Waals surface area (Å²) in [6.45, 7) is 7.16. The van der Waals surface area contributed by atoms with Gasteiger partial charge in [0.25, 0.3) is 0 Å². The number of rotatable bonds is 2. The fraction of sp³-hybridized carbons (Fsp3) is 0.333. The van der Waals surface area contributed by atoms with Crippen molar-refractivity contribution >= 4 is 28.7 Å². The first-order valence-electron chi connectivity index (χ1n) is 7.80. The number of fused-ring (bicyclic) bond motifs is 1. The molecule has 1 saturated carbocycles. The average molecular weight is 292 g/mol. The van der Waals surface area contributed by atoms with Gasteiger partial charge in [-0.05, 0) is 49.5 Å². The highest BCUT2D eigenvalue weighted by atomic mass is 15.3. The van der Waals surface area contributed by atoms with Crippen LogP contribution in [-0.4, -0.2) is 23.1 Å². The largest absolute Gasteiger partial charge is 0.398 e. The lowest BCUT2D eigenvalue weighted by Crippen LogP contribution is -2.36. The maximum atomic E-state index is 6.17. The van der Waals surface area contributed by atoms with E-state index in [1.807, 2.05) is 18.2 Å². The van der Waals surface area contributed by atoms with Crippen LogP contribution >= 0.6 is 0 Å². The molecule has 4 rings (SSSR count). The van der Waals surface area contributed by atoms with Crippen LogP contribution in [-0.2, 0) is 0 Å². The van der Waals surface area contributed by atoms with E-state index in [1.165, 1.54) is 18.4 Å². The Bertz CT molecular complexity index is 750. The molecular formula is C18H20N4. The second kappa shape index (κ2) is 4.83. The van der Waals surface area contributed by atoms with E-state index in [-0.39, 0.29) is 0 Å². The average Bonchev–Trinajstić information content (AvgIpc) is 3.19. The third kappa shape index (κ3) is 2.15. The molecule has 0 bridgehead atoms. The molecule has 0 spiro atoms. The molecule has 4 nitrogen and oxygen atoms in total. The minimum atomic E-state index is 0.723. The Morgan fingerprint density at radius 3 is 2.86 bits per heavy atom. The molecule has 3 aliphatic rings. The smallest absolute Gasteiger partial charge is 0.133 e. The van der Waals surface area contributed by atoms with Crippen LogP contribution in [0.1, 0.15) is 31.7 Å². The van der Waals surface area contributed by atoms with Crippen LogP contribution in [0.2, 0.25) is 0 Å². The standard InChI is InChI=1S/C18H20N4/c1-11-8-16(20-10-11)22-12(2)18-14(19)4-3-5-15(18)21-17(22)9-13-6-7-13/h3-5,8,13H,2,6-7,9-10,19H2,1H3. The van der Waals surface area contributed by atoms with Crippen LogP contribution in [0, 0.1) is 5.92 Å². The van der Waals surface area contributed by atoms with Crippen molar-refractivity contribution in [3.05, 3.63) is 42.0 Å². The van der Waals surface area contributed by atoms with Gasteiger partial charge >= 0.3 is 0 Å². The molecule has 2 N–H and O–H groups in total. The minimum absolute atomic E-state index is 0.723. The van der Waals surface area contributed by atoms with Gasteiger partial charge in [-0.2, -0.15) is 0 Å². The molecule has 1 aliphatic carbocycles. The second-order valence-electron chi connectivity index (χ2n) is 6.36. The highest BCUT2D eigenvalue weighted by Crippen LogP contribution is 2.41. The predicted molar refractivity (Wildman–Crippen MR) is 92.2 cm³/mol. The number of hydrogen-bond donors (Lipinski definition) is 1. The number of nitrogens with zero attached hydrogens (tertiary/aromatic N) is 3. The van der Waals surface area contributed by atoms with Gasteiger partial charge in [-0.25, -0.2) is 4.99 Å². The van der Waals surface area contributed by atoms with Crippen molar-refractivity contribution in [2.45, 2.75) is 26.2 Å². The SMILES string of the molecule is C=C1c2c(N)cccc2N=C(CC2CC2)N1C1=NCC(C)=C1. The highest BCUT2D eigenvalue weighted by Gasteiger charge is 2.33. The van der Waals surface area contributed by atoms with Gasteiger partial charge in [0, 0.05) is 17.7 Å². The van der Waals surface area contributed by atoms with Crippen molar-refractivity contribution in [1.29, 1.82) is 0 Å². The maximum Gasteiger partial charge on any atom is 0.133 e. The first kappa shape index (κ1) is 13.3. The van der Waals surface area contributed by atoms with E-state index in [1.54, 1.807) is 0 Å². The third-order valence-corrected chi connectivity index (χ3v) is 4.40. The van der Waals surface area contributed by atoms with Gasteiger partial charge in [-0.1, -0.05) is 12.6 Å². The van der Waals surface area contributed by atoms with Crippen molar-refractivity contribution in [1.82, 2.24) is 4.90 Å². The molecular weight excluding hydrogens is 272 g/mol. The Labute approximate surface area is 130 Å². The zero-order valence-corrected chi connectivity index (χ0v) is 12.8. The lowest BCUT2D eigenvalue weighted by Gasteiger charge is -2.32. The van der Waals surface area contributed by atoms with Gasteiger partial charge in [0.05, 0.1) is 17.9 Å². The summed E-state index contributed by atoms with van der Waals surface area (Å²) in [6.07, 6.45) is 5.70. The zero-order chi connectivity index (χ0) is 15.3. The van der Waals surface area contributed by atoms with Crippen molar-refractivity contribution in [2.75, 3.05) is 12.3 Å². The number of amidine groups is 2. The van der Waals surface area contributed by atoms with E-state index in [0.29, 0.717) is 0 Å². The third-order valence-electron chi connectivity index (χ3n) is 4.40. The molecule has 0 aromatic heterocycles. The summed E-state index contributed by atoms with van der Waals surface area (Å²) >= 11 is 0. The van der Waals surface area contributed by atoms with Gasteiger partial charge in [0.2, 0.25) is 0 Å². The predicted octanol–water partition coefficient (Wildman–Crippen LogP) is 3.74. The van der Waals surface area contributed by atoms with Crippen molar-refractivity contribution < 1.29 is 0 Å². The molecule has 112 valence electrons. The Morgan fingerprint density at radius 2 is 2.18 bits per heavy atom. The highest BCUT2D eigenvalue weighted by molar-refractivity contribution is 6.16. The summed E-state index contributed by atoms with van der Waals surface area (Å²) in [5, 5.41) is 0. The molecule has 22 heavy (non-hydrogen) atoms. The Morgan fingerprint density at radius 1 is 1.36 bits per heavy atom. The number of aliphatic imine (C=N–C) groups is 2. The summed E-state index contributed by atoms with van der Waals surface area (Å²) < 4.78 is 0. The maximum absolute atomic E-state index is 6.17. The first-order valence-corrected chi connectivity index (χ1v) is 7.80. The molecule has 0 saturated heterocycles. The molecule has 0 amide bonds. The normalized spacial score (nSPS) is 20.5. The van der Waals surface area contributed by atoms with Crippen molar-refractivity contribution in [2.24, 2.45) is 15.9 Å². The molecule has 4 heteroatoms. The molecule has 1 fully saturated rings. The fourth-order valence-electron chi connectivity index (χ4n) is 3.06. The van der Waals surface area contributed by atoms with Crippen LogP contribution in [0.25, 0.3) is 5.70 Å². The van der Waals surface area contributed by atoms with Crippen LogP contribution in [0.5, 0.6) is 0 Å². The van der Waals surface area contributed by atoms with Crippen LogP contribution in [0.15, 0.2) is 46.4 Å². The van der Waals surface area contributed by atoms with Gasteiger partial charge in [-0.3, -0.25) is 9.89 Å². The molecule has 2 heterocycles. The molecule has 1 aromatic rings. The molecule has 2 aliphatic heterocycles. The van der Waals surface area contributed by atoms with Crippen LogP contribution in [0.4, 0.5) is 11.4 Å². The minimum Gasteiger partial charge on any atom is -0.398 e. The fourth-order valence-corrected chi connectivity index (χ4v) is 3.06. The Balaban J connectivity index is 1.82. The Hall–Kier alpha value is -2.36. The molecule has 0 unspecified atom stereocenters. The summed E-state index contributed by atoms with van der Waals surface area (Å²) in [5.41, 5.74) is 10.9. The van der Waals surface area contributed by atoms with Crippen LogP contribution in [0.3, 0.4) is 0 Å². The number of nitrogens with two attached hydrogens (primary N) is 1. The number of nitrogen functional groups attached to an aromatic ring is 1. The number of benzene rings is 1. The molecule has 0 atom stereocenters. The lowest BCUT2D eigenvalue weighted by atomic mass is 10.0. The van der Waals surface area contributed by atoms with Gasteiger partial charge in [0.1, 0.15) is 11.7 Å². The molecule has 0 radical (unpaired) electrons. The van der Waals surface area contributed by atoms with E-state index in [9.17, 15) is 0 Å². The van der Waals surface area contributed by atoms with E-state index < -0.39 is 0 Å². The quantitative estimate of drug-likeness (QED) is 0.844. The molecule has 1 aromatic carbocycles. The summed E-state index contributed by atoms with van der Waals surface area (Å²) in [7, 11) is 0. The van der Waals surface area contributed by atoms with Crippen molar-refractivity contribution in [3.8, 4) is 0 Å². The summed E-state index contributed by atoms with van der Waals surface area (Å²) in [5.74, 6) is 2.75. The monoisotopic (exact) mass is 292 g/mol. The topological polar surface area (TPSA) is 54.0 Å². The lowest BCUT2D eigenvalue weighted by molar-refractivity contribution is 0.765. The van der Waals surface area contributed by atoms with E-state index in [2.05, 4.69) is 29.5 Å².